The van der Waals surface area contributed by atoms with Crippen LogP contribution < -0.4 is 16.4 Å². The van der Waals surface area contributed by atoms with Gasteiger partial charge in [-0.1, -0.05) is 5.16 Å². The van der Waals surface area contributed by atoms with E-state index >= 15 is 0 Å². The van der Waals surface area contributed by atoms with E-state index in [1.807, 2.05) is 0 Å². The fourth-order valence-electron chi connectivity index (χ4n) is 2.31. The first-order valence-electron chi connectivity index (χ1n) is 7.24. The number of carbonyl (C=O) groups is 3. The normalized spacial score (nSPS) is 19.3. The molecule has 1 aromatic rings. The average Bonchev–Trinajstić information content (AvgIpc) is 2.98. The molecular formula is C12H17N6NaO7S2. The van der Waals surface area contributed by atoms with Crippen LogP contribution in [0.3, 0.4) is 0 Å². The molecule has 2 unspecified atom stereocenters. The summed E-state index contributed by atoms with van der Waals surface area (Å²) in [5.41, 5.74) is 5.32. The van der Waals surface area contributed by atoms with Crippen molar-refractivity contribution in [2.75, 3.05) is 19.4 Å². The van der Waals surface area contributed by atoms with Crippen molar-refractivity contribution in [2.24, 2.45) is 5.16 Å². The molecule has 2 rings (SSSR count). The maximum atomic E-state index is 12.5. The number of nitrogen functional groups attached to an aromatic ring is 1. The first-order chi connectivity index (χ1) is 12.6. The molecule has 16 heteroatoms. The van der Waals surface area contributed by atoms with Crippen molar-refractivity contribution in [1.29, 1.82) is 0 Å². The van der Waals surface area contributed by atoms with Crippen molar-refractivity contribution in [3.05, 3.63) is 11.1 Å². The molecule has 0 saturated carbocycles. The van der Waals surface area contributed by atoms with E-state index in [-0.39, 0.29) is 56.9 Å². The first-order valence-corrected chi connectivity index (χ1v) is 9.52. The number of hydrogen-bond acceptors (Lipinski definition) is 10. The van der Waals surface area contributed by atoms with Crippen LogP contribution in [0.5, 0.6) is 0 Å². The van der Waals surface area contributed by atoms with Crippen LogP contribution in [-0.2, 0) is 29.5 Å². The van der Waals surface area contributed by atoms with E-state index in [9.17, 15) is 22.8 Å². The average molecular weight is 444 g/mol. The van der Waals surface area contributed by atoms with Crippen LogP contribution >= 0.6 is 11.3 Å². The molecule has 13 nitrogen and oxygen atoms in total. The van der Waals surface area contributed by atoms with Crippen molar-refractivity contribution >= 4 is 79.8 Å². The van der Waals surface area contributed by atoms with Gasteiger partial charge in [-0.05, 0) is 0 Å². The van der Waals surface area contributed by atoms with Crippen LogP contribution in [0, 0.1) is 0 Å². The summed E-state index contributed by atoms with van der Waals surface area (Å²) in [5.74, 6) is -2.45. The van der Waals surface area contributed by atoms with Crippen molar-refractivity contribution in [3.63, 3.8) is 0 Å². The first kappa shape index (κ1) is 24.3. The molecule has 3 amide bonds. The zero-order valence-electron chi connectivity index (χ0n) is 14.1. The van der Waals surface area contributed by atoms with Gasteiger partial charge in [-0.3, -0.25) is 18.9 Å². The number of anilines is 1. The Hall–Kier alpha value is -1.78. The van der Waals surface area contributed by atoms with Crippen LogP contribution in [0.15, 0.2) is 10.5 Å². The molecule has 0 bridgehead atoms. The van der Waals surface area contributed by atoms with Crippen molar-refractivity contribution in [1.82, 2.24) is 19.9 Å². The quantitative estimate of drug-likeness (QED) is 0.112. The Labute approximate surface area is 185 Å². The molecule has 2 heterocycles. The molecule has 1 aromatic heterocycles. The molecule has 0 radical (unpaired) electrons. The van der Waals surface area contributed by atoms with Gasteiger partial charge in [0.25, 0.3) is 11.8 Å². The van der Waals surface area contributed by atoms with Crippen LogP contribution in [0.2, 0.25) is 0 Å². The zero-order valence-corrected chi connectivity index (χ0v) is 15.7. The third-order valence-electron chi connectivity index (χ3n) is 3.43. The molecule has 1 aliphatic heterocycles. The molecule has 1 saturated heterocycles. The minimum atomic E-state index is -4.86. The summed E-state index contributed by atoms with van der Waals surface area (Å²) in [6.45, 7) is 0.869. The monoisotopic (exact) mass is 444 g/mol. The fourth-order valence-corrected chi connectivity index (χ4v) is 3.74. The van der Waals surface area contributed by atoms with E-state index in [2.05, 4.69) is 25.6 Å². The van der Waals surface area contributed by atoms with Crippen LogP contribution in [0.1, 0.15) is 12.6 Å². The summed E-state index contributed by atoms with van der Waals surface area (Å²) in [4.78, 5) is 44.1. The molecule has 1 aliphatic rings. The fraction of sp³-hybridized carbons (Fsp3) is 0.417. The van der Waals surface area contributed by atoms with Gasteiger partial charge in [-0.15, -0.1) is 11.3 Å². The van der Waals surface area contributed by atoms with Gasteiger partial charge >= 0.3 is 39.9 Å². The number of β-lactam (4-membered cyclic amide) rings is 1. The van der Waals surface area contributed by atoms with Gasteiger partial charge in [0.2, 0.25) is 5.91 Å². The number of nitrogens with one attached hydrogen (secondary N) is 2. The molecule has 0 spiro atoms. The predicted octanol–water partition coefficient (Wildman–Crippen LogP) is -2.94. The Balaban J connectivity index is 0.00000392. The summed E-state index contributed by atoms with van der Waals surface area (Å²) < 4.78 is 32.0. The molecule has 0 aliphatic carbocycles. The molecule has 1 fully saturated rings. The SMILES string of the molecule is CO/N=C(\C(=O)NC1C(=O)N(S(=O)(=O)O)C1CNC(C)=O)c1csc(N)n1.[NaH]. The van der Waals surface area contributed by atoms with Crippen LogP contribution in [-0.4, -0.2) is 101 Å². The molecule has 28 heavy (non-hydrogen) atoms. The molecular weight excluding hydrogens is 427 g/mol. The van der Waals surface area contributed by atoms with Gasteiger partial charge in [-0.2, -0.15) is 8.42 Å². The van der Waals surface area contributed by atoms with Gasteiger partial charge in [0.1, 0.15) is 18.8 Å². The van der Waals surface area contributed by atoms with Gasteiger partial charge in [0.05, 0.1) is 6.04 Å². The van der Waals surface area contributed by atoms with Crippen molar-refractivity contribution in [2.45, 2.75) is 19.0 Å². The topological polar surface area (TPSA) is 193 Å². The summed E-state index contributed by atoms with van der Waals surface area (Å²) in [6.07, 6.45) is 0. The van der Waals surface area contributed by atoms with Gasteiger partial charge in [-0.25, -0.2) is 9.29 Å². The second-order valence-electron chi connectivity index (χ2n) is 5.26. The second kappa shape index (κ2) is 9.62. The molecule has 0 aromatic carbocycles. The van der Waals surface area contributed by atoms with E-state index in [4.69, 9.17) is 10.3 Å². The number of carbonyl (C=O) groups excluding carboxylic acids is 3. The number of aromatic nitrogens is 1. The zero-order chi connectivity index (χ0) is 20.4. The summed E-state index contributed by atoms with van der Waals surface area (Å²) in [6, 6.07) is -2.55. The third kappa shape index (κ3) is 5.39. The Morgan fingerprint density at radius 3 is 2.61 bits per heavy atom. The Kier molecular flexibility index (Phi) is 8.33. The van der Waals surface area contributed by atoms with Crippen LogP contribution in [0.25, 0.3) is 0 Å². The van der Waals surface area contributed by atoms with E-state index in [1.54, 1.807) is 0 Å². The van der Waals surface area contributed by atoms with E-state index in [0.29, 0.717) is 0 Å². The molecule has 150 valence electrons. The predicted molar refractivity (Wildman–Crippen MR) is 100 cm³/mol. The Morgan fingerprint density at radius 2 is 2.14 bits per heavy atom. The van der Waals surface area contributed by atoms with E-state index < -0.39 is 40.1 Å². The summed E-state index contributed by atoms with van der Waals surface area (Å²) >= 11 is 1.05. The number of thiazole rings is 1. The third-order valence-corrected chi connectivity index (χ3v) is 5.05. The van der Waals surface area contributed by atoms with E-state index in [0.717, 1.165) is 11.3 Å². The standard InChI is InChI=1S/C12H16N6O7S2.Na.H/c1-5(19)14-3-7-9(11(21)18(7)27(22,23)24)16-10(20)8(17-25-2)6-4-26-12(13)15-6;;/h4,7,9H,3H2,1-2H3,(H2,13,15)(H,14,19)(H,16,20)(H,22,23,24);;/b17-8-;;. The number of amides is 3. The van der Waals surface area contributed by atoms with E-state index in [1.165, 1.54) is 19.4 Å². The Morgan fingerprint density at radius 1 is 1.50 bits per heavy atom. The molecule has 2 atom stereocenters. The van der Waals surface area contributed by atoms with Gasteiger partial charge < -0.3 is 21.2 Å². The Bertz CT molecular complexity index is 902. The summed E-state index contributed by atoms with van der Waals surface area (Å²) in [5, 5.41) is 9.76. The second-order valence-corrected chi connectivity index (χ2v) is 7.44. The minimum absolute atomic E-state index is 0. The number of hydrogen-bond donors (Lipinski definition) is 4. The summed E-state index contributed by atoms with van der Waals surface area (Å²) in [7, 11) is -3.67. The van der Waals surface area contributed by atoms with Crippen molar-refractivity contribution in [3.8, 4) is 0 Å². The van der Waals surface area contributed by atoms with Crippen molar-refractivity contribution < 1.29 is 32.2 Å². The number of nitrogens with two attached hydrogens (primary N) is 1. The number of rotatable bonds is 7. The van der Waals surface area contributed by atoms with Crippen LogP contribution in [0.4, 0.5) is 5.13 Å². The van der Waals surface area contributed by atoms with Gasteiger partial charge in [0.15, 0.2) is 10.8 Å². The number of oxime groups is 1. The number of nitrogens with zero attached hydrogens (tertiary/aromatic N) is 3. The maximum absolute atomic E-state index is 12.5. The molecule has 5 N–H and O–H groups in total. The van der Waals surface area contributed by atoms with Gasteiger partial charge in [0, 0.05) is 18.8 Å².